The zero-order valence-corrected chi connectivity index (χ0v) is 15.0. The second-order valence-corrected chi connectivity index (χ2v) is 7.34. The normalized spacial score (nSPS) is 23.9. The van der Waals surface area contributed by atoms with Crippen LogP contribution in [0.1, 0.15) is 49.8 Å². The van der Waals surface area contributed by atoms with E-state index in [4.69, 9.17) is 11.5 Å². The molecule has 0 spiro atoms. The van der Waals surface area contributed by atoms with E-state index in [1.165, 1.54) is 22.3 Å². The molecular formula is C23H26N2. The van der Waals surface area contributed by atoms with Gasteiger partial charge in [0.05, 0.1) is 5.54 Å². The summed E-state index contributed by atoms with van der Waals surface area (Å²) in [5.74, 6) is 0. The third-order valence-electron chi connectivity index (χ3n) is 6.40. The smallest absolute Gasteiger partial charge is 0.0849 e. The fourth-order valence-electron chi connectivity index (χ4n) is 4.87. The number of fused-ring (bicyclic) bond motifs is 2. The first-order valence-corrected chi connectivity index (χ1v) is 9.22. The first kappa shape index (κ1) is 16.2. The van der Waals surface area contributed by atoms with Crippen molar-refractivity contribution in [1.29, 1.82) is 0 Å². The second kappa shape index (κ2) is 5.60. The molecule has 2 aromatic carbocycles. The number of rotatable bonds is 3. The molecule has 4 rings (SSSR count). The van der Waals surface area contributed by atoms with Crippen LogP contribution in [0.4, 0.5) is 0 Å². The molecule has 25 heavy (non-hydrogen) atoms. The van der Waals surface area contributed by atoms with Gasteiger partial charge >= 0.3 is 0 Å². The van der Waals surface area contributed by atoms with Crippen LogP contribution in [0.3, 0.4) is 0 Å². The molecule has 2 heteroatoms. The van der Waals surface area contributed by atoms with Gasteiger partial charge < -0.3 is 11.5 Å². The maximum absolute atomic E-state index is 6.92. The molecule has 0 aromatic heterocycles. The Morgan fingerprint density at radius 1 is 0.920 bits per heavy atom. The van der Waals surface area contributed by atoms with Crippen LogP contribution in [0, 0.1) is 0 Å². The van der Waals surface area contributed by atoms with Gasteiger partial charge in [0.15, 0.2) is 0 Å². The van der Waals surface area contributed by atoms with Crippen molar-refractivity contribution >= 4 is 5.57 Å². The fraction of sp³-hybridized carbons (Fsp3) is 0.304. The van der Waals surface area contributed by atoms with Crippen molar-refractivity contribution in [3.8, 4) is 0 Å². The first-order valence-electron chi connectivity index (χ1n) is 9.22. The third-order valence-corrected chi connectivity index (χ3v) is 6.40. The van der Waals surface area contributed by atoms with Crippen molar-refractivity contribution in [2.45, 2.75) is 44.1 Å². The Bertz CT molecular complexity index is 872. The summed E-state index contributed by atoms with van der Waals surface area (Å²) in [6.45, 7) is 4.58. The van der Waals surface area contributed by atoms with Crippen LogP contribution in [-0.4, -0.2) is 0 Å². The van der Waals surface area contributed by atoms with E-state index in [1.807, 2.05) is 18.2 Å². The predicted octanol–water partition coefficient (Wildman–Crippen LogP) is 4.61. The quantitative estimate of drug-likeness (QED) is 0.863. The number of allylic oxidation sites excluding steroid dienone is 2. The van der Waals surface area contributed by atoms with Crippen LogP contribution in [0.25, 0.3) is 5.57 Å². The van der Waals surface area contributed by atoms with E-state index in [-0.39, 0.29) is 5.41 Å². The Hall–Kier alpha value is -2.32. The fourth-order valence-corrected chi connectivity index (χ4v) is 4.87. The summed E-state index contributed by atoms with van der Waals surface area (Å²) >= 11 is 0. The van der Waals surface area contributed by atoms with Crippen LogP contribution in [-0.2, 0) is 11.0 Å². The number of nitrogens with two attached hydrogens (primary N) is 2. The van der Waals surface area contributed by atoms with E-state index in [2.05, 4.69) is 56.3 Å². The predicted molar refractivity (Wildman–Crippen MR) is 105 cm³/mol. The molecule has 0 aliphatic heterocycles. The van der Waals surface area contributed by atoms with E-state index in [9.17, 15) is 0 Å². The average Bonchev–Trinajstić information content (AvgIpc) is 2.92. The van der Waals surface area contributed by atoms with Crippen molar-refractivity contribution < 1.29 is 0 Å². The van der Waals surface area contributed by atoms with Gasteiger partial charge in [-0.25, -0.2) is 0 Å². The van der Waals surface area contributed by atoms with Gasteiger partial charge in [-0.1, -0.05) is 68.4 Å². The van der Waals surface area contributed by atoms with Gasteiger partial charge in [0.25, 0.3) is 0 Å². The van der Waals surface area contributed by atoms with Crippen molar-refractivity contribution in [3.05, 3.63) is 88.6 Å². The van der Waals surface area contributed by atoms with E-state index in [0.29, 0.717) is 0 Å². The Morgan fingerprint density at radius 2 is 1.56 bits per heavy atom. The van der Waals surface area contributed by atoms with Crippen LogP contribution >= 0.6 is 0 Å². The molecule has 2 aliphatic carbocycles. The molecule has 0 fully saturated rings. The van der Waals surface area contributed by atoms with Gasteiger partial charge in [0, 0.05) is 11.1 Å². The Balaban J connectivity index is 1.92. The molecule has 2 aliphatic rings. The van der Waals surface area contributed by atoms with Gasteiger partial charge in [0.1, 0.15) is 0 Å². The van der Waals surface area contributed by atoms with Gasteiger partial charge in [-0.15, -0.1) is 0 Å². The maximum atomic E-state index is 6.92. The molecule has 0 radical (unpaired) electrons. The van der Waals surface area contributed by atoms with E-state index in [1.54, 1.807) is 0 Å². The van der Waals surface area contributed by atoms with E-state index < -0.39 is 5.54 Å². The monoisotopic (exact) mass is 330 g/mol. The van der Waals surface area contributed by atoms with Crippen LogP contribution in [0.5, 0.6) is 0 Å². The summed E-state index contributed by atoms with van der Waals surface area (Å²) in [6, 6.07) is 19.1. The average molecular weight is 330 g/mol. The third kappa shape index (κ3) is 2.07. The van der Waals surface area contributed by atoms with Crippen molar-refractivity contribution in [2.24, 2.45) is 11.5 Å². The lowest BCUT2D eigenvalue weighted by Gasteiger charge is -2.40. The minimum Gasteiger partial charge on any atom is -0.400 e. The van der Waals surface area contributed by atoms with Crippen molar-refractivity contribution in [2.75, 3.05) is 0 Å². The zero-order chi connectivity index (χ0) is 17.7. The number of hydrogen-bond donors (Lipinski definition) is 2. The maximum Gasteiger partial charge on any atom is 0.0849 e. The molecule has 128 valence electrons. The molecule has 1 unspecified atom stereocenters. The van der Waals surface area contributed by atoms with Gasteiger partial charge in [0.2, 0.25) is 0 Å². The molecule has 2 nitrogen and oxygen atoms in total. The minimum absolute atomic E-state index is 0.0720. The number of hydrogen-bond acceptors (Lipinski definition) is 2. The molecule has 4 N–H and O–H groups in total. The SMILES string of the molecule is CCC1(CC)C2=C(C=C(N)C(N)(c3ccccc3)C2)c2ccccc21. The highest BCUT2D eigenvalue weighted by molar-refractivity contribution is 5.88. The summed E-state index contributed by atoms with van der Waals surface area (Å²) < 4.78 is 0. The van der Waals surface area contributed by atoms with Gasteiger partial charge in [-0.3, -0.25) is 0 Å². The Morgan fingerprint density at radius 3 is 2.24 bits per heavy atom. The van der Waals surface area contributed by atoms with Crippen LogP contribution < -0.4 is 11.5 Å². The standard InChI is InChI=1S/C23H26N2/c1-3-22(4-2)19-13-9-8-12-17(19)18-14-21(24)23(25,15-20(18)22)16-10-6-5-7-11-16/h5-14H,3-4,15,24-25H2,1-2H3. The lowest BCUT2D eigenvalue weighted by molar-refractivity contribution is 0.412. The van der Waals surface area contributed by atoms with Crippen molar-refractivity contribution in [1.82, 2.24) is 0 Å². The summed E-state index contributed by atoms with van der Waals surface area (Å²) in [5, 5.41) is 0. The van der Waals surface area contributed by atoms with Crippen LogP contribution in [0.15, 0.2) is 71.9 Å². The van der Waals surface area contributed by atoms with E-state index in [0.717, 1.165) is 30.5 Å². The lowest BCUT2D eigenvalue weighted by Crippen LogP contribution is -2.45. The molecule has 0 bridgehead atoms. The largest absolute Gasteiger partial charge is 0.400 e. The molecule has 0 amide bonds. The highest BCUT2D eigenvalue weighted by atomic mass is 14.8. The summed E-state index contributed by atoms with van der Waals surface area (Å²) in [7, 11) is 0. The second-order valence-electron chi connectivity index (χ2n) is 7.34. The lowest BCUT2D eigenvalue weighted by atomic mass is 9.66. The molecule has 0 heterocycles. The topological polar surface area (TPSA) is 52.0 Å². The Labute approximate surface area is 150 Å². The summed E-state index contributed by atoms with van der Waals surface area (Å²) in [5.41, 5.74) is 20.3. The first-order chi connectivity index (χ1) is 12.1. The highest BCUT2D eigenvalue weighted by Gasteiger charge is 2.47. The van der Waals surface area contributed by atoms with Crippen molar-refractivity contribution in [3.63, 3.8) is 0 Å². The minimum atomic E-state index is -0.627. The van der Waals surface area contributed by atoms with Crippen LogP contribution in [0.2, 0.25) is 0 Å². The summed E-state index contributed by atoms with van der Waals surface area (Å²) in [4.78, 5) is 0. The molecule has 0 saturated carbocycles. The Kier molecular flexibility index (Phi) is 3.62. The van der Waals surface area contributed by atoms with Gasteiger partial charge in [-0.05, 0) is 53.2 Å². The highest BCUT2D eigenvalue weighted by Crippen LogP contribution is 2.56. The van der Waals surface area contributed by atoms with Gasteiger partial charge in [-0.2, -0.15) is 0 Å². The molecular weight excluding hydrogens is 304 g/mol. The summed E-state index contributed by atoms with van der Waals surface area (Å²) in [6.07, 6.45) is 5.08. The zero-order valence-electron chi connectivity index (χ0n) is 15.0. The number of benzene rings is 2. The molecule has 0 saturated heterocycles. The molecule has 1 atom stereocenters. The molecule has 2 aromatic rings. The van der Waals surface area contributed by atoms with E-state index >= 15 is 0 Å².